The summed E-state index contributed by atoms with van der Waals surface area (Å²) in [6.07, 6.45) is 1.02. The van der Waals surface area contributed by atoms with Gasteiger partial charge < -0.3 is 5.32 Å². The first-order valence-electron chi connectivity index (χ1n) is 4.38. The summed E-state index contributed by atoms with van der Waals surface area (Å²) in [7, 11) is 0. The van der Waals surface area contributed by atoms with Crippen molar-refractivity contribution >= 4 is 5.78 Å². The fraction of sp³-hybridized carbons (Fsp3) is 0.889. The summed E-state index contributed by atoms with van der Waals surface area (Å²) in [5, 5.41) is 3.24. The first-order valence-corrected chi connectivity index (χ1v) is 4.38. The first-order chi connectivity index (χ1) is 5.11. The van der Waals surface area contributed by atoms with E-state index >= 15 is 0 Å². The van der Waals surface area contributed by atoms with E-state index in [4.69, 9.17) is 0 Å². The number of carbonyl (C=O) groups is 1. The van der Waals surface area contributed by atoms with Gasteiger partial charge in [-0.2, -0.15) is 0 Å². The second kappa shape index (κ2) is 3.35. The Hall–Kier alpha value is -0.370. The molecule has 0 bridgehead atoms. The van der Waals surface area contributed by atoms with Crippen LogP contribution in [0.25, 0.3) is 0 Å². The van der Waals surface area contributed by atoms with Gasteiger partial charge in [0.25, 0.3) is 0 Å². The van der Waals surface area contributed by atoms with E-state index in [0.29, 0.717) is 11.7 Å². The Balaban J connectivity index is 2.43. The highest BCUT2D eigenvalue weighted by Gasteiger charge is 2.27. The number of carbonyl (C=O) groups excluding carboxylic acids is 1. The van der Waals surface area contributed by atoms with Crippen LogP contribution >= 0.6 is 0 Å². The normalized spacial score (nSPS) is 31.3. The van der Waals surface area contributed by atoms with Crippen molar-refractivity contribution in [2.24, 2.45) is 11.8 Å². The van der Waals surface area contributed by atoms with E-state index in [1.807, 2.05) is 13.8 Å². The Morgan fingerprint density at radius 1 is 1.55 bits per heavy atom. The molecule has 1 fully saturated rings. The second-order valence-electron chi connectivity index (χ2n) is 3.86. The molecule has 0 aromatic heterocycles. The minimum Gasteiger partial charge on any atom is -0.307 e. The van der Waals surface area contributed by atoms with Crippen molar-refractivity contribution < 1.29 is 4.79 Å². The summed E-state index contributed by atoms with van der Waals surface area (Å²) >= 11 is 0. The number of ketones is 1. The summed E-state index contributed by atoms with van der Waals surface area (Å²) in [4.78, 5) is 11.4. The minimum absolute atomic E-state index is 0.144. The zero-order chi connectivity index (χ0) is 8.43. The van der Waals surface area contributed by atoms with Crippen molar-refractivity contribution in [1.82, 2.24) is 5.32 Å². The Bertz CT molecular complexity index is 154. The molecule has 0 aliphatic carbocycles. The summed E-state index contributed by atoms with van der Waals surface area (Å²) < 4.78 is 0. The third-order valence-corrected chi connectivity index (χ3v) is 2.26. The lowest BCUT2D eigenvalue weighted by atomic mass is 9.98. The third kappa shape index (κ3) is 2.03. The molecule has 0 aromatic carbocycles. The van der Waals surface area contributed by atoms with E-state index in [1.165, 1.54) is 0 Å². The Morgan fingerprint density at radius 3 is 2.55 bits per heavy atom. The molecule has 0 amide bonds. The molecule has 2 heteroatoms. The summed E-state index contributed by atoms with van der Waals surface area (Å²) in [5.41, 5.74) is 0. The van der Waals surface area contributed by atoms with Crippen LogP contribution in [0.5, 0.6) is 0 Å². The number of rotatable bonds is 2. The molecule has 11 heavy (non-hydrogen) atoms. The van der Waals surface area contributed by atoms with Gasteiger partial charge in [-0.1, -0.05) is 20.8 Å². The maximum absolute atomic E-state index is 11.4. The van der Waals surface area contributed by atoms with Crippen molar-refractivity contribution in [3.05, 3.63) is 0 Å². The van der Waals surface area contributed by atoms with Gasteiger partial charge in [0.05, 0.1) is 6.04 Å². The minimum atomic E-state index is 0.144. The Kier molecular flexibility index (Phi) is 2.66. The van der Waals surface area contributed by atoms with Gasteiger partial charge in [-0.3, -0.25) is 4.79 Å². The number of hydrogen-bond donors (Lipinski definition) is 1. The average Bonchev–Trinajstić information content (AvgIpc) is 2.34. The molecule has 1 heterocycles. The highest BCUT2D eigenvalue weighted by atomic mass is 16.1. The van der Waals surface area contributed by atoms with Crippen LogP contribution in [0.15, 0.2) is 0 Å². The van der Waals surface area contributed by atoms with Crippen molar-refractivity contribution in [3.63, 3.8) is 0 Å². The fourth-order valence-corrected chi connectivity index (χ4v) is 1.53. The van der Waals surface area contributed by atoms with Gasteiger partial charge in [-0.05, 0) is 18.9 Å². The van der Waals surface area contributed by atoms with Crippen molar-refractivity contribution in [2.75, 3.05) is 6.54 Å². The molecule has 0 unspecified atom stereocenters. The van der Waals surface area contributed by atoms with Gasteiger partial charge in [-0.15, -0.1) is 0 Å². The van der Waals surface area contributed by atoms with E-state index in [9.17, 15) is 4.79 Å². The molecule has 2 atom stereocenters. The quantitative estimate of drug-likeness (QED) is 0.649. The molecule has 1 aliphatic heterocycles. The lowest BCUT2D eigenvalue weighted by Gasteiger charge is -2.10. The van der Waals surface area contributed by atoms with Crippen LogP contribution in [-0.4, -0.2) is 18.4 Å². The van der Waals surface area contributed by atoms with Gasteiger partial charge in [0.2, 0.25) is 0 Å². The van der Waals surface area contributed by atoms with E-state index in [2.05, 4.69) is 12.2 Å². The molecule has 1 saturated heterocycles. The molecular formula is C9H17NO. The maximum Gasteiger partial charge on any atom is 0.152 e. The standard InChI is InChI=1S/C9H17NO/c1-6(2)9(11)8-4-7(3)5-10-8/h6-8,10H,4-5H2,1-3H3/t7-,8-/m0/s1. The van der Waals surface area contributed by atoms with Crippen LogP contribution in [0, 0.1) is 11.8 Å². The molecule has 64 valence electrons. The van der Waals surface area contributed by atoms with E-state index < -0.39 is 0 Å². The second-order valence-corrected chi connectivity index (χ2v) is 3.86. The smallest absolute Gasteiger partial charge is 0.152 e. The lowest BCUT2D eigenvalue weighted by molar-refractivity contribution is -0.123. The highest BCUT2D eigenvalue weighted by Crippen LogP contribution is 2.15. The monoisotopic (exact) mass is 155 g/mol. The van der Waals surface area contributed by atoms with Crippen LogP contribution in [0.2, 0.25) is 0 Å². The lowest BCUT2D eigenvalue weighted by Crippen LogP contribution is -2.33. The van der Waals surface area contributed by atoms with Crippen LogP contribution in [-0.2, 0) is 4.79 Å². The summed E-state index contributed by atoms with van der Waals surface area (Å²) in [6, 6.07) is 0.144. The van der Waals surface area contributed by atoms with Gasteiger partial charge in [0.15, 0.2) is 5.78 Å². The molecule has 1 rings (SSSR count). The van der Waals surface area contributed by atoms with Crippen LogP contribution in [0.3, 0.4) is 0 Å². The average molecular weight is 155 g/mol. The maximum atomic E-state index is 11.4. The molecule has 0 spiro atoms. The summed E-state index contributed by atoms with van der Waals surface area (Å²) in [6.45, 7) is 7.11. The molecule has 0 saturated carbocycles. The molecule has 1 aliphatic rings. The van der Waals surface area contributed by atoms with Crippen molar-refractivity contribution in [2.45, 2.75) is 33.2 Å². The molecule has 0 aromatic rings. The SMILES string of the molecule is CC(C)C(=O)[C@@H]1C[C@H](C)CN1. The van der Waals surface area contributed by atoms with Gasteiger partial charge >= 0.3 is 0 Å². The van der Waals surface area contributed by atoms with Gasteiger partial charge in [-0.25, -0.2) is 0 Å². The van der Waals surface area contributed by atoms with Crippen molar-refractivity contribution in [3.8, 4) is 0 Å². The fourth-order valence-electron chi connectivity index (χ4n) is 1.53. The van der Waals surface area contributed by atoms with Gasteiger partial charge in [0.1, 0.15) is 0 Å². The number of Topliss-reactive ketones (excluding diaryl/α,β-unsaturated/α-hetero) is 1. The van der Waals surface area contributed by atoms with E-state index in [-0.39, 0.29) is 12.0 Å². The van der Waals surface area contributed by atoms with E-state index in [0.717, 1.165) is 13.0 Å². The first kappa shape index (κ1) is 8.72. The van der Waals surface area contributed by atoms with Gasteiger partial charge in [0, 0.05) is 5.92 Å². The third-order valence-electron chi connectivity index (χ3n) is 2.26. The predicted molar refractivity (Wildman–Crippen MR) is 45.4 cm³/mol. The van der Waals surface area contributed by atoms with Crippen LogP contribution < -0.4 is 5.32 Å². The highest BCUT2D eigenvalue weighted by molar-refractivity contribution is 5.85. The molecule has 2 nitrogen and oxygen atoms in total. The molecular weight excluding hydrogens is 138 g/mol. The van der Waals surface area contributed by atoms with Crippen molar-refractivity contribution in [1.29, 1.82) is 0 Å². The number of hydrogen-bond acceptors (Lipinski definition) is 2. The Morgan fingerprint density at radius 2 is 2.18 bits per heavy atom. The topological polar surface area (TPSA) is 29.1 Å². The van der Waals surface area contributed by atoms with Crippen LogP contribution in [0.4, 0.5) is 0 Å². The molecule has 1 N–H and O–H groups in total. The predicted octanol–water partition coefficient (Wildman–Crippen LogP) is 1.21. The number of nitrogens with one attached hydrogen (secondary N) is 1. The zero-order valence-corrected chi connectivity index (χ0v) is 7.55. The molecule has 0 radical (unpaired) electrons. The summed E-state index contributed by atoms with van der Waals surface area (Å²) in [5.74, 6) is 1.22. The van der Waals surface area contributed by atoms with E-state index in [1.54, 1.807) is 0 Å². The zero-order valence-electron chi connectivity index (χ0n) is 7.55. The van der Waals surface area contributed by atoms with Crippen LogP contribution in [0.1, 0.15) is 27.2 Å². The Labute approximate surface area is 68.4 Å². The largest absolute Gasteiger partial charge is 0.307 e.